The molecule has 122 valence electrons. The molecule has 0 saturated heterocycles. The van der Waals surface area contributed by atoms with Gasteiger partial charge >= 0.3 is 0 Å². The number of sulfonamides is 1. The fourth-order valence-electron chi connectivity index (χ4n) is 2.55. The maximum absolute atomic E-state index is 12.2. The van der Waals surface area contributed by atoms with Crippen LogP contribution in [-0.2, 0) is 14.8 Å². The van der Waals surface area contributed by atoms with E-state index in [4.69, 9.17) is 11.6 Å². The summed E-state index contributed by atoms with van der Waals surface area (Å²) in [5, 5.41) is 3.38. The highest BCUT2D eigenvalue weighted by molar-refractivity contribution is 7.89. The summed E-state index contributed by atoms with van der Waals surface area (Å²) in [6.45, 7) is 1.48. The summed E-state index contributed by atoms with van der Waals surface area (Å²) < 4.78 is 26.6. The molecule has 2 N–H and O–H groups in total. The number of hydrogen-bond donors (Lipinski definition) is 2. The molecule has 1 aliphatic rings. The van der Waals surface area contributed by atoms with Crippen LogP contribution in [0, 0.1) is 6.92 Å². The van der Waals surface area contributed by atoms with Crippen molar-refractivity contribution >= 4 is 27.5 Å². The van der Waals surface area contributed by atoms with Gasteiger partial charge in [-0.1, -0.05) is 30.9 Å². The lowest BCUT2D eigenvalue weighted by atomic mass is 9.95. The molecular formula is C15H21ClN2O3S. The highest BCUT2D eigenvalue weighted by atomic mass is 35.5. The molecule has 0 radical (unpaired) electrons. The molecule has 0 aliphatic heterocycles. The molecule has 1 aromatic rings. The normalized spacial score (nSPS) is 16.5. The van der Waals surface area contributed by atoms with Gasteiger partial charge in [0, 0.05) is 11.1 Å². The molecule has 7 heteroatoms. The van der Waals surface area contributed by atoms with Gasteiger partial charge < -0.3 is 5.32 Å². The van der Waals surface area contributed by atoms with Gasteiger partial charge in [0.1, 0.15) is 0 Å². The standard InChI is InChI=1S/C15H21ClN2O3S/c1-11-9-13(7-8-14(11)16)22(20,21)17-10-15(19)18-12-5-3-2-4-6-12/h7-9,12,17H,2-6,10H2,1H3,(H,18,19). The highest BCUT2D eigenvalue weighted by Gasteiger charge is 2.19. The summed E-state index contributed by atoms with van der Waals surface area (Å²) in [6, 6.07) is 4.62. The van der Waals surface area contributed by atoms with Crippen molar-refractivity contribution in [1.82, 2.24) is 10.0 Å². The number of carbonyl (C=O) groups excluding carboxylic acids is 1. The van der Waals surface area contributed by atoms with Crippen LogP contribution >= 0.6 is 11.6 Å². The zero-order chi connectivity index (χ0) is 16.2. The number of nitrogens with one attached hydrogen (secondary N) is 2. The number of benzene rings is 1. The molecule has 1 aliphatic carbocycles. The van der Waals surface area contributed by atoms with Crippen molar-refractivity contribution in [1.29, 1.82) is 0 Å². The minimum Gasteiger partial charge on any atom is -0.352 e. The second kappa shape index (κ2) is 7.44. The zero-order valence-electron chi connectivity index (χ0n) is 12.6. The molecule has 1 aromatic carbocycles. The number of hydrogen-bond acceptors (Lipinski definition) is 3. The zero-order valence-corrected chi connectivity index (χ0v) is 14.1. The van der Waals surface area contributed by atoms with Crippen molar-refractivity contribution in [3.8, 4) is 0 Å². The Morgan fingerprint density at radius 1 is 1.27 bits per heavy atom. The Morgan fingerprint density at radius 2 is 1.95 bits per heavy atom. The van der Waals surface area contributed by atoms with E-state index in [0.29, 0.717) is 10.6 Å². The van der Waals surface area contributed by atoms with E-state index in [9.17, 15) is 13.2 Å². The summed E-state index contributed by atoms with van der Waals surface area (Å²) in [7, 11) is -3.70. The van der Waals surface area contributed by atoms with E-state index in [1.165, 1.54) is 24.6 Å². The third kappa shape index (κ3) is 4.69. The average molecular weight is 345 g/mol. The number of aryl methyl sites for hydroxylation is 1. The first-order valence-electron chi connectivity index (χ1n) is 7.44. The number of carbonyl (C=O) groups is 1. The first-order valence-corrected chi connectivity index (χ1v) is 9.30. The molecule has 0 spiro atoms. The van der Waals surface area contributed by atoms with Crippen LogP contribution in [0.4, 0.5) is 0 Å². The molecule has 5 nitrogen and oxygen atoms in total. The van der Waals surface area contributed by atoms with Crippen LogP contribution in [0.1, 0.15) is 37.7 Å². The Balaban J connectivity index is 1.91. The quantitative estimate of drug-likeness (QED) is 0.861. The molecule has 1 fully saturated rings. The van der Waals surface area contributed by atoms with Gasteiger partial charge in [0.2, 0.25) is 15.9 Å². The molecule has 0 aromatic heterocycles. The maximum Gasteiger partial charge on any atom is 0.241 e. The van der Waals surface area contributed by atoms with Crippen LogP contribution < -0.4 is 10.0 Å². The summed E-state index contributed by atoms with van der Waals surface area (Å²) in [4.78, 5) is 12.0. The van der Waals surface area contributed by atoms with Crippen LogP contribution in [0.2, 0.25) is 5.02 Å². The fraction of sp³-hybridized carbons (Fsp3) is 0.533. The van der Waals surface area contributed by atoms with Gasteiger partial charge in [-0.3, -0.25) is 4.79 Å². The fourth-order valence-corrected chi connectivity index (χ4v) is 3.74. The minimum absolute atomic E-state index is 0.111. The van der Waals surface area contributed by atoms with Crippen molar-refractivity contribution in [3.05, 3.63) is 28.8 Å². The van der Waals surface area contributed by atoms with Gasteiger partial charge in [-0.25, -0.2) is 13.1 Å². The van der Waals surface area contributed by atoms with Crippen molar-refractivity contribution in [3.63, 3.8) is 0 Å². The predicted octanol–water partition coefficient (Wildman–Crippen LogP) is 2.38. The van der Waals surface area contributed by atoms with E-state index in [1.807, 2.05) is 0 Å². The van der Waals surface area contributed by atoms with E-state index >= 15 is 0 Å². The lowest BCUT2D eigenvalue weighted by molar-refractivity contribution is -0.120. The van der Waals surface area contributed by atoms with E-state index in [2.05, 4.69) is 10.0 Å². The van der Waals surface area contributed by atoms with Crippen molar-refractivity contribution in [2.45, 2.75) is 50.0 Å². The van der Waals surface area contributed by atoms with E-state index in [0.717, 1.165) is 25.7 Å². The average Bonchev–Trinajstić information content (AvgIpc) is 2.49. The molecule has 22 heavy (non-hydrogen) atoms. The third-order valence-electron chi connectivity index (χ3n) is 3.83. The first-order chi connectivity index (χ1) is 10.4. The predicted molar refractivity (Wildman–Crippen MR) is 86.4 cm³/mol. The Labute approximate surface area is 136 Å². The number of halogens is 1. The second-order valence-electron chi connectivity index (χ2n) is 5.64. The van der Waals surface area contributed by atoms with Gasteiger partial charge in [0.15, 0.2) is 0 Å². The van der Waals surface area contributed by atoms with Crippen LogP contribution in [-0.4, -0.2) is 26.9 Å². The summed E-state index contributed by atoms with van der Waals surface area (Å²) in [5.74, 6) is -0.291. The molecule has 0 atom stereocenters. The van der Waals surface area contributed by atoms with Crippen molar-refractivity contribution in [2.24, 2.45) is 0 Å². The Morgan fingerprint density at radius 3 is 2.59 bits per heavy atom. The van der Waals surface area contributed by atoms with Crippen LogP contribution in [0.5, 0.6) is 0 Å². The smallest absolute Gasteiger partial charge is 0.241 e. The van der Waals surface area contributed by atoms with E-state index < -0.39 is 10.0 Å². The summed E-state index contributed by atoms with van der Waals surface area (Å²) in [6.07, 6.45) is 5.36. The maximum atomic E-state index is 12.2. The summed E-state index contributed by atoms with van der Waals surface area (Å²) >= 11 is 5.89. The Kier molecular flexibility index (Phi) is 5.83. The Hall–Kier alpha value is -1.11. The molecule has 0 bridgehead atoms. The van der Waals surface area contributed by atoms with Gasteiger partial charge in [0.05, 0.1) is 11.4 Å². The molecule has 1 saturated carbocycles. The van der Waals surface area contributed by atoms with Gasteiger partial charge in [-0.05, 0) is 43.5 Å². The topological polar surface area (TPSA) is 75.3 Å². The third-order valence-corrected chi connectivity index (χ3v) is 5.66. The van der Waals surface area contributed by atoms with Crippen LogP contribution in [0.25, 0.3) is 0 Å². The monoisotopic (exact) mass is 344 g/mol. The Bertz CT molecular complexity index is 640. The second-order valence-corrected chi connectivity index (χ2v) is 7.81. The van der Waals surface area contributed by atoms with Crippen molar-refractivity contribution in [2.75, 3.05) is 6.54 Å². The SMILES string of the molecule is Cc1cc(S(=O)(=O)NCC(=O)NC2CCCCC2)ccc1Cl. The molecule has 0 unspecified atom stereocenters. The molecule has 2 rings (SSSR count). The largest absolute Gasteiger partial charge is 0.352 e. The van der Waals surface area contributed by atoms with Gasteiger partial charge in [0.25, 0.3) is 0 Å². The van der Waals surface area contributed by atoms with E-state index in [-0.39, 0.29) is 23.4 Å². The molecule has 0 heterocycles. The summed E-state index contributed by atoms with van der Waals surface area (Å²) in [5.41, 5.74) is 0.677. The highest BCUT2D eigenvalue weighted by Crippen LogP contribution is 2.19. The molecular weight excluding hydrogens is 324 g/mol. The first kappa shape index (κ1) is 17.2. The van der Waals surface area contributed by atoms with E-state index in [1.54, 1.807) is 6.92 Å². The van der Waals surface area contributed by atoms with Crippen LogP contribution in [0.3, 0.4) is 0 Å². The number of rotatable bonds is 5. The number of amides is 1. The van der Waals surface area contributed by atoms with Crippen molar-refractivity contribution < 1.29 is 13.2 Å². The minimum atomic E-state index is -3.70. The van der Waals surface area contributed by atoms with Gasteiger partial charge in [-0.15, -0.1) is 0 Å². The lowest BCUT2D eigenvalue weighted by Crippen LogP contribution is -2.42. The van der Waals surface area contributed by atoms with Gasteiger partial charge in [-0.2, -0.15) is 0 Å². The van der Waals surface area contributed by atoms with Crippen LogP contribution in [0.15, 0.2) is 23.1 Å². The molecule has 1 amide bonds. The lowest BCUT2D eigenvalue weighted by Gasteiger charge is -2.22.